The fourth-order valence-electron chi connectivity index (χ4n) is 2.99. The number of nitrogens with zero attached hydrogens (tertiary/aromatic N) is 5. The van der Waals surface area contributed by atoms with Crippen molar-refractivity contribution in [2.75, 3.05) is 11.9 Å². The topological polar surface area (TPSA) is 110 Å². The van der Waals surface area contributed by atoms with Crippen LogP contribution in [0.25, 0.3) is 0 Å². The van der Waals surface area contributed by atoms with Crippen LogP contribution < -0.4 is 5.32 Å². The number of benzene rings is 2. The molecule has 0 aliphatic carbocycles. The Hall–Kier alpha value is -3.59. The van der Waals surface area contributed by atoms with E-state index < -0.39 is 0 Å². The summed E-state index contributed by atoms with van der Waals surface area (Å²) in [5.74, 6) is -0.675. The number of anilines is 1. The number of carbonyl (C=O) groups excluding carboxylic acids is 3. The van der Waals surface area contributed by atoms with E-state index in [1.165, 1.54) is 0 Å². The van der Waals surface area contributed by atoms with Crippen LogP contribution in [-0.4, -0.2) is 49.4 Å². The van der Waals surface area contributed by atoms with E-state index in [0.717, 1.165) is 9.70 Å². The Morgan fingerprint density at radius 3 is 2.45 bits per heavy atom. The molecule has 1 aliphatic heterocycles. The van der Waals surface area contributed by atoms with Crippen LogP contribution >= 0.6 is 11.6 Å². The van der Waals surface area contributed by atoms with Crippen LogP contribution in [0.4, 0.5) is 5.69 Å². The van der Waals surface area contributed by atoms with E-state index in [1.54, 1.807) is 48.5 Å². The standard InChI is InChI=1S/C19H15ClN6O3/c20-12-4-3-5-13(10-12)21-17(27)11-26-23-16(22-24-26)8-9-25-18(28)14-6-1-2-7-15(14)19(25)29/h1-7,10H,8-9,11H2,(H,21,27). The Bertz CT molecular complexity index is 1080. The zero-order chi connectivity index (χ0) is 20.4. The van der Waals surface area contributed by atoms with Gasteiger partial charge in [-0.2, -0.15) is 4.80 Å². The Morgan fingerprint density at radius 1 is 1.03 bits per heavy atom. The lowest BCUT2D eigenvalue weighted by Crippen LogP contribution is -2.32. The molecule has 4 rings (SSSR count). The summed E-state index contributed by atoms with van der Waals surface area (Å²) in [4.78, 5) is 39.1. The molecule has 2 heterocycles. The third-order valence-electron chi connectivity index (χ3n) is 4.32. The van der Waals surface area contributed by atoms with Crippen molar-refractivity contribution >= 4 is 35.0 Å². The van der Waals surface area contributed by atoms with E-state index in [2.05, 4.69) is 20.7 Å². The minimum absolute atomic E-state index is 0.132. The van der Waals surface area contributed by atoms with Crippen molar-refractivity contribution in [2.45, 2.75) is 13.0 Å². The van der Waals surface area contributed by atoms with Gasteiger partial charge >= 0.3 is 0 Å². The van der Waals surface area contributed by atoms with Gasteiger partial charge in [-0.05, 0) is 35.5 Å². The molecule has 146 valence electrons. The van der Waals surface area contributed by atoms with Crippen LogP contribution in [0.3, 0.4) is 0 Å². The summed E-state index contributed by atoms with van der Waals surface area (Å²) in [7, 11) is 0. The van der Waals surface area contributed by atoms with Gasteiger partial charge in [-0.25, -0.2) is 0 Å². The number of halogens is 1. The van der Waals surface area contributed by atoms with Crippen molar-refractivity contribution in [3.63, 3.8) is 0 Å². The van der Waals surface area contributed by atoms with Gasteiger partial charge in [0.05, 0.1) is 11.1 Å². The number of nitrogens with one attached hydrogen (secondary N) is 1. The lowest BCUT2D eigenvalue weighted by molar-refractivity contribution is -0.117. The third kappa shape index (κ3) is 3.99. The number of hydrogen-bond donors (Lipinski definition) is 1. The normalized spacial score (nSPS) is 12.9. The van der Waals surface area contributed by atoms with Gasteiger partial charge in [0.2, 0.25) is 5.91 Å². The number of amides is 3. The first-order chi connectivity index (χ1) is 14.0. The molecule has 10 heteroatoms. The number of tetrazole rings is 1. The molecule has 1 aliphatic rings. The molecule has 0 fully saturated rings. The number of fused-ring (bicyclic) bond motifs is 1. The number of hydrogen-bond acceptors (Lipinski definition) is 6. The van der Waals surface area contributed by atoms with Gasteiger partial charge in [0.25, 0.3) is 11.8 Å². The molecule has 0 radical (unpaired) electrons. The second-order valence-electron chi connectivity index (χ2n) is 6.35. The van der Waals surface area contributed by atoms with Gasteiger partial charge in [-0.1, -0.05) is 29.8 Å². The van der Waals surface area contributed by atoms with Gasteiger partial charge in [-0.15, -0.1) is 10.2 Å². The molecular weight excluding hydrogens is 396 g/mol. The molecular formula is C19H15ClN6O3. The van der Waals surface area contributed by atoms with Crippen LogP contribution in [-0.2, 0) is 17.8 Å². The maximum atomic E-state index is 12.4. The predicted octanol–water partition coefficient (Wildman–Crippen LogP) is 1.80. The molecule has 3 aromatic rings. The average molecular weight is 411 g/mol. The lowest BCUT2D eigenvalue weighted by atomic mass is 10.1. The van der Waals surface area contributed by atoms with Crippen LogP contribution in [0, 0.1) is 0 Å². The molecule has 3 amide bonds. The second kappa shape index (κ2) is 7.80. The van der Waals surface area contributed by atoms with Crippen molar-refractivity contribution in [1.82, 2.24) is 25.1 Å². The van der Waals surface area contributed by atoms with Gasteiger partial charge in [0.1, 0.15) is 6.54 Å². The SMILES string of the molecule is O=C(Cn1nnc(CCN2C(=O)c3ccccc3C2=O)n1)Nc1cccc(Cl)c1. The molecule has 0 saturated carbocycles. The van der Waals surface area contributed by atoms with Crippen LogP contribution in [0.1, 0.15) is 26.5 Å². The smallest absolute Gasteiger partial charge is 0.261 e. The van der Waals surface area contributed by atoms with E-state index in [-0.39, 0.29) is 37.2 Å². The molecule has 0 unspecified atom stereocenters. The van der Waals surface area contributed by atoms with Crippen LogP contribution in [0.5, 0.6) is 0 Å². The summed E-state index contributed by atoms with van der Waals surface area (Å²) in [5, 5.41) is 15.0. The molecule has 0 bridgehead atoms. The zero-order valence-electron chi connectivity index (χ0n) is 15.1. The van der Waals surface area contributed by atoms with Crippen molar-refractivity contribution in [3.05, 3.63) is 70.5 Å². The fraction of sp³-hybridized carbons (Fsp3) is 0.158. The quantitative estimate of drug-likeness (QED) is 0.620. The molecule has 0 atom stereocenters. The van der Waals surface area contributed by atoms with E-state index in [4.69, 9.17) is 11.6 Å². The monoisotopic (exact) mass is 410 g/mol. The summed E-state index contributed by atoms with van der Waals surface area (Å²) >= 11 is 5.89. The first-order valence-corrected chi connectivity index (χ1v) is 9.16. The van der Waals surface area contributed by atoms with Crippen LogP contribution in [0.2, 0.25) is 5.02 Å². The summed E-state index contributed by atoms with van der Waals surface area (Å²) in [6, 6.07) is 13.5. The molecule has 9 nitrogen and oxygen atoms in total. The first-order valence-electron chi connectivity index (χ1n) is 8.78. The van der Waals surface area contributed by atoms with E-state index in [1.807, 2.05) is 0 Å². The second-order valence-corrected chi connectivity index (χ2v) is 6.79. The van der Waals surface area contributed by atoms with Crippen LogP contribution in [0.15, 0.2) is 48.5 Å². The summed E-state index contributed by atoms with van der Waals surface area (Å²) in [6.45, 7) is -0.000713. The first kappa shape index (κ1) is 18.8. The molecule has 0 saturated heterocycles. The van der Waals surface area contributed by atoms with Crippen molar-refractivity contribution in [3.8, 4) is 0 Å². The molecule has 1 N–H and O–H groups in total. The van der Waals surface area contributed by atoms with Crippen molar-refractivity contribution in [1.29, 1.82) is 0 Å². The molecule has 2 aromatic carbocycles. The fourth-order valence-corrected chi connectivity index (χ4v) is 3.18. The van der Waals surface area contributed by atoms with Crippen molar-refractivity contribution < 1.29 is 14.4 Å². The van der Waals surface area contributed by atoms with Gasteiger partial charge in [-0.3, -0.25) is 19.3 Å². The number of carbonyl (C=O) groups is 3. The van der Waals surface area contributed by atoms with Gasteiger partial charge in [0, 0.05) is 23.7 Å². The highest BCUT2D eigenvalue weighted by Gasteiger charge is 2.34. The minimum atomic E-state index is -0.337. The Balaban J connectivity index is 1.34. The average Bonchev–Trinajstić information content (AvgIpc) is 3.23. The zero-order valence-corrected chi connectivity index (χ0v) is 15.8. The highest BCUT2D eigenvalue weighted by Crippen LogP contribution is 2.22. The lowest BCUT2D eigenvalue weighted by Gasteiger charge is -2.11. The Morgan fingerprint density at radius 2 is 1.76 bits per heavy atom. The van der Waals surface area contributed by atoms with Gasteiger partial charge in [0.15, 0.2) is 5.82 Å². The van der Waals surface area contributed by atoms with E-state index in [0.29, 0.717) is 27.7 Å². The van der Waals surface area contributed by atoms with Gasteiger partial charge < -0.3 is 5.32 Å². The molecule has 0 spiro atoms. The summed E-state index contributed by atoms with van der Waals surface area (Å²) in [6.07, 6.45) is 0.237. The largest absolute Gasteiger partial charge is 0.324 e. The molecule has 29 heavy (non-hydrogen) atoms. The Kier molecular flexibility index (Phi) is 5.05. The summed E-state index contributed by atoms with van der Waals surface area (Å²) < 4.78 is 0. The Labute approximate surface area is 170 Å². The minimum Gasteiger partial charge on any atom is -0.324 e. The van der Waals surface area contributed by atoms with E-state index >= 15 is 0 Å². The highest BCUT2D eigenvalue weighted by atomic mass is 35.5. The number of rotatable bonds is 6. The molecule has 1 aromatic heterocycles. The highest BCUT2D eigenvalue weighted by molar-refractivity contribution is 6.30. The predicted molar refractivity (Wildman–Crippen MR) is 103 cm³/mol. The number of aromatic nitrogens is 4. The maximum absolute atomic E-state index is 12.4. The number of imide groups is 1. The van der Waals surface area contributed by atoms with E-state index in [9.17, 15) is 14.4 Å². The third-order valence-corrected chi connectivity index (χ3v) is 4.56. The summed E-state index contributed by atoms with van der Waals surface area (Å²) in [5.41, 5.74) is 1.35. The van der Waals surface area contributed by atoms with Crippen molar-refractivity contribution in [2.24, 2.45) is 0 Å². The maximum Gasteiger partial charge on any atom is 0.261 e.